The molecule has 3 rings (SSSR count). The van der Waals surface area contributed by atoms with E-state index in [4.69, 9.17) is 10.5 Å². The van der Waals surface area contributed by atoms with Crippen molar-refractivity contribution in [2.75, 3.05) is 12.3 Å². The summed E-state index contributed by atoms with van der Waals surface area (Å²) < 4.78 is 5.95. The van der Waals surface area contributed by atoms with Crippen LogP contribution in [0.5, 0.6) is 5.75 Å². The maximum atomic E-state index is 12.2. The minimum Gasteiger partial charge on any atom is -0.493 e. The Bertz CT molecular complexity index is 745. The second-order valence-electron chi connectivity index (χ2n) is 6.84. The Morgan fingerprint density at radius 1 is 1.19 bits per heavy atom. The number of aryl methyl sites for hydroxylation is 2. The van der Waals surface area contributed by atoms with Gasteiger partial charge < -0.3 is 15.8 Å². The third kappa shape index (κ3) is 5.95. The lowest BCUT2D eigenvalue weighted by molar-refractivity contribution is -0.121. The van der Waals surface area contributed by atoms with Gasteiger partial charge >= 0.3 is 0 Å². The minimum absolute atomic E-state index is 0. The molecule has 0 bridgehead atoms. The summed E-state index contributed by atoms with van der Waals surface area (Å²) in [4.78, 5) is 12.2. The Balaban J connectivity index is 0.00000243. The van der Waals surface area contributed by atoms with Crippen LogP contribution in [-0.4, -0.2) is 12.5 Å². The monoisotopic (exact) mass is 374 g/mol. The van der Waals surface area contributed by atoms with Crippen LogP contribution in [0.3, 0.4) is 0 Å². The number of nitrogen functional groups attached to an aromatic ring is 1. The van der Waals surface area contributed by atoms with Crippen LogP contribution in [0.15, 0.2) is 42.5 Å². The first-order chi connectivity index (χ1) is 12.1. The van der Waals surface area contributed by atoms with Gasteiger partial charge in [-0.05, 0) is 55.4 Å². The van der Waals surface area contributed by atoms with Crippen LogP contribution in [0.4, 0.5) is 5.69 Å². The number of anilines is 1. The fraction of sp³-hybridized carbons (Fsp3) is 0.381. The van der Waals surface area contributed by atoms with Gasteiger partial charge in [0.1, 0.15) is 5.75 Å². The van der Waals surface area contributed by atoms with Gasteiger partial charge in [0, 0.05) is 24.2 Å². The quantitative estimate of drug-likeness (QED) is 0.685. The van der Waals surface area contributed by atoms with Crippen molar-refractivity contribution in [3.8, 4) is 5.75 Å². The number of benzene rings is 2. The standard InChI is InChI=1S/C21H26N2O2.ClH/c1-15-6-9-18(20(12-15)25-14-16-7-8-16)13-23-21(24)11-10-17-4-2-3-5-19(17)22;/h2-6,9,12,16H,7-8,10-11,13-14,22H2,1H3,(H,23,24);1H. The number of hydrogen-bond donors (Lipinski definition) is 2. The van der Waals surface area contributed by atoms with Crippen molar-refractivity contribution in [2.24, 2.45) is 5.92 Å². The fourth-order valence-corrected chi connectivity index (χ4v) is 2.73. The molecule has 0 radical (unpaired) electrons. The van der Waals surface area contributed by atoms with Crippen LogP contribution >= 0.6 is 12.4 Å². The molecule has 0 aliphatic heterocycles. The van der Waals surface area contributed by atoms with Crippen LogP contribution in [-0.2, 0) is 17.8 Å². The predicted molar refractivity (Wildman–Crippen MR) is 108 cm³/mol. The van der Waals surface area contributed by atoms with Crippen molar-refractivity contribution >= 4 is 24.0 Å². The lowest BCUT2D eigenvalue weighted by Crippen LogP contribution is -2.23. The highest BCUT2D eigenvalue weighted by Gasteiger charge is 2.22. The molecule has 1 aliphatic rings. The highest BCUT2D eigenvalue weighted by Crippen LogP contribution is 2.30. The molecule has 0 aromatic heterocycles. The van der Waals surface area contributed by atoms with Gasteiger partial charge in [0.25, 0.3) is 0 Å². The van der Waals surface area contributed by atoms with E-state index in [9.17, 15) is 4.79 Å². The van der Waals surface area contributed by atoms with Crippen LogP contribution in [0, 0.1) is 12.8 Å². The Morgan fingerprint density at radius 2 is 1.96 bits per heavy atom. The van der Waals surface area contributed by atoms with E-state index in [1.54, 1.807) is 0 Å². The molecule has 3 N–H and O–H groups in total. The van der Waals surface area contributed by atoms with Gasteiger partial charge in [0.2, 0.25) is 5.91 Å². The number of amides is 1. The van der Waals surface area contributed by atoms with Crippen molar-refractivity contribution in [1.82, 2.24) is 5.32 Å². The average molecular weight is 375 g/mol. The molecular formula is C21H27ClN2O2. The molecule has 5 heteroatoms. The van der Waals surface area contributed by atoms with Crippen molar-refractivity contribution in [3.05, 3.63) is 59.2 Å². The maximum absolute atomic E-state index is 12.2. The molecule has 26 heavy (non-hydrogen) atoms. The maximum Gasteiger partial charge on any atom is 0.220 e. The summed E-state index contributed by atoms with van der Waals surface area (Å²) >= 11 is 0. The van der Waals surface area contributed by atoms with Gasteiger partial charge in [0.15, 0.2) is 0 Å². The Hall–Kier alpha value is -2.20. The summed E-state index contributed by atoms with van der Waals surface area (Å²) in [7, 11) is 0. The lowest BCUT2D eigenvalue weighted by atomic mass is 10.1. The third-order valence-corrected chi connectivity index (χ3v) is 4.55. The second kappa shape index (κ2) is 9.48. The van der Waals surface area contributed by atoms with E-state index < -0.39 is 0 Å². The first kappa shape index (κ1) is 20.1. The molecule has 1 amide bonds. The molecule has 1 saturated carbocycles. The van der Waals surface area contributed by atoms with E-state index in [1.807, 2.05) is 30.3 Å². The molecule has 0 atom stereocenters. The minimum atomic E-state index is 0. The second-order valence-corrected chi connectivity index (χ2v) is 6.84. The van der Waals surface area contributed by atoms with Crippen LogP contribution in [0.2, 0.25) is 0 Å². The SMILES string of the molecule is Cc1ccc(CNC(=O)CCc2ccccc2N)c(OCC2CC2)c1.Cl. The number of hydrogen-bond acceptors (Lipinski definition) is 3. The first-order valence-electron chi connectivity index (χ1n) is 8.94. The zero-order valence-electron chi connectivity index (χ0n) is 15.2. The first-order valence-corrected chi connectivity index (χ1v) is 8.94. The molecule has 140 valence electrons. The topological polar surface area (TPSA) is 64.4 Å². The van der Waals surface area contributed by atoms with E-state index >= 15 is 0 Å². The molecule has 0 unspecified atom stereocenters. The summed E-state index contributed by atoms with van der Waals surface area (Å²) in [5.41, 5.74) is 9.87. The lowest BCUT2D eigenvalue weighted by Gasteiger charge is -2.13. The van der Waals surface area contributed by atoms with E-state index in [0.29, 0.717) is 25.3 Å². The molecular weight excluding hydrogens is 348 g/mol. The van der Waals surface area contributed by atoms with E-state index in [0.717, 1.165) is 29.2 Å². The highest BCUT2D eigenvalue weighted by atomic mass is 35.5. The van der Waals surface area contributed by atoms with Gasteiger partial charge in [-0.15, -0.1) is 12.4 Å². The number of halogens is 1. The molecule has 2 aromatic rings. The number of carbonyl (C=O) groups is 1. The number of rotatable bonds is 8. The zero-order valence-corrected chi connectivity index (χ0v) is 16.0. The van der Waals surface area contributed by atoms with E-state index in [2.05, 4.69) is 24.4 Å². The number of para-hydroxylation sites is 1. The van der Waals surface area contributed by atoms with Gasteiger partial charge in [0.05, 0.1) is 6.61 Å². The Kier molecular flexibility index (Phi) is 7.34. The summed E-state index contributed by atoms with van der Waals surface area (Å²) in [5, 5.41) is 2.99. The highest BCUT2D eigenvalue weighted by molar-refractivity contribution is 5.85. The van der Waals surface area contributed by atoms with Crippen LogP contribution in [0.25, 0.3) is 0 Å². The predicted octanol–water partition coefficient (Wildman–Crippen LogP) is 4.04. The third-order valence-electron chi connectivity index (χ3n) is 4.55. The van der Waals surface area contributed by atoms with Crippen LogP contribution < -0.4 is 15.8 Å². The van der Waals surface area contributed by atoms with Crippen molar-refractivity contribution in [1.29, 1.82) is 0 Å². The van der Waals surface area contributed by atoms with Crippen molar-refractivity contribution in [3.63, 3.8) is 0 Å². The molecule has 4 nitrogen and oxygen atoms in total. The van der Waals surface area contributed by atoms with E-state index in [1.165, 1.54) is 18.4 Å². The molecule has 0 saturated heterocycles. The number of nitrogens with two attached hydrogens (primary N) is 1. The summed E-state index contributed by atoms with van der Waals surface area (Å²) in [5.74, 6) is 1.62. The number of ether oxygens (including phenoxy) is 1. The van der Waals surface area contributed by atoms with Gasteiger partial charge in [-0.1, -0.05) is 30.3 Å². The fourth-order valence-electron chi connectivity index (χ4n) is 2.73. The molecule has 1 aliphatic carbocycles. The number of carbonyl (C=O) groups excluding carboxylic acids is 1. The molecule has 0 spiro atoms. The van der Waals surface area contributed by atoms with Gasteiger partial charge in [-0.2, -0.15) is 0 Å². The van der Waals surface area contributed by atoms with Crippen LogP contribution in [0.1, 0.15) is 36.0 Å². The molecule has 2 aromatic carbocycles. The molecule has 1 fully saturated rings. The Morgan fingerprint density at radius 3 is 2.69 bits per heavy atom. The van der Waals surface area contributed by atoms with Gasteiger partial charge in [-0.3, -0.25) is 4.79 Å². The Labute approximate surface area is 161 Å². The number of nitrogens with one attached hydrogen (secondary N) is 1. The summed E-state index contributed by atoms with van der Waals surface area (Å²) in [6, 6.07) is 13.8. The van der Waals surface area contributed by atoms with Gasteiger partial charge in [-0.25, -0.2) is 0 Å². The summed E-state index contributed by atoms with van der Waals surface area (Å²) in [6.07, 6.45) is 3.61. The largest absolute Gasteiger partial charge is 0.493 e. The summed E-state index contributed by atoms with van der Waals surface area (Å²) in [6.45, 7) is 3.32. The smallest absolute Gasteiger partial charge is 0.220 e. The zero-order chi connectivity index (χ0) is 17.6. The average Bonchev–Trinajstić information content (AvgIpc) is 3.43. The molecule has 0 heterocycles. The normalized spacial score (nSPS) is 13.0. The van der Waals surface area contributed by atoms with E-state index in [-0.39, 0.29) is 18.3 Å². The van der Waals surface area contributed by atoms with Crippen molar-refractivity contribution in [2.45, 2.75) is 39.2 Å². The van der Waals surface area contributed by atoms with Crippen molar-refractivity contribution < 1.29 is 9.53 Å².